The van der Waals surface area contributed by atoms with Crippen molar-refractivity contribution in [2.75, 3.05) is 0 Å². The monoisotopic (exact) mass is 348 g/mol. The summed E-state index contributed by atoms with van der Waals surface area (Å²) < 4.78 is 1.55. The molecule has 4 rings (SSSR count). The summed E-state index contributed by atoms with van der Waals surface area (Å²) >= 11 is 13.7. The average Bonchev–Trinajstić information content (AvgIpc) is 2.86. The highest BCUT2D eigenvalue weighted by atomic mass is 35.5. The molecule has 0 fully saturated rings. The molecule has 0 bridgehead atoms. The van der Waals surface area contributed by atoms with Gasteiger partial charge in [-0.05, 0) is 42.5 Å². The van der Waals surface area contributed by atoms with Gasteiger partial charge < -0.3 is 0 Å². The van der Waals surface area contributed by atoms with Crippen molar-refractivity contribution in [3.8, 4) is 16.9 Å². The third-order valence-corrected chi connectivity index (χ3v) is 5.24. The van der Waals surface area contributed by atoms with E-state index in [9.17, 15) is 4.79 Å². The van der Waals surface area contributed by atoms with Crippen molar-refractivity contribution < 1.29 is 0 Å². The molecule has 0 radical (unpaired) electrons. The second-order valence-corrected chi connectivity index (χ2v) is 6.90. The molecule has 3 nitrogen and oxygen atoms in total. The van der Waals surface area contributed by atoms with E-state index in [-0.39, 0.29) is 5.56 Å². The van der Waals surface area contributed by atoms with E-state index in [2.05, 4.69) is 5.10 Å². The molecule has 1 aliphatic heterocycles. The fraction of sp³-hybridized carbons (Fsp3) is 0.0625. The van der Waals surface area contributed by atoms with Crippen LogP contribution in [0.1, 0.15) is 5.56 Å². The first-order valence-corrected chi connectivity index (χ1v) is 8.40. The highest BCUT2D eigenvalue weighted by Gasteiger charge is 2.23. The van der Waals surface area contributed by atoms with Gasteiger partial charge in [0.1, 0.15) is 0 Å². The lowest BCUT2D eigenvalue weighted by molar-refractivity contribution is 0.850. The SMILES string of the molecule is O=c1c2c([nH]n1-c1ccc(Cl)cc1)-c1cc(Cl)ccc1SC2. The molecule has 2 heterocycles. The van der Waals surface area contributed by atoms with Crippen molar-refractivity contribution in [2.24, 2.45) is 0 Å². The molecule has 22 heavy (non-hydrogen) atoms. The number of halogens is 2. The van der Waals surface area contributed by atoms with Crippen molar-refractivity contribution in [3.63, 3.8) is 0 Å². The molecule has 0 atom stereocenters. The maximum absolute atomic E-state index is 12.6. The Hall–Kier alpha value is -1.62. The van der Waals surface area contributed by atoms with Gasteiger partial charge >= 0.3 is 0 Å². The van der Waals surface area contributed by atoms with Crippen molar-refractivity contribution in [2.45, 2.75) is 10.6 Å². The summed E-state index contributed by atoms with van der Waals surface area (Å²) in [5.41, 5.74) is 3.32. The largest absolute Gasteiger partial charge is 0.290 e. The topological polar surface area (TPSA) is 37.8 Å². The van der Waals surface area contributed by atoms with Gasteiger partial charge in [0.15, 0.2) is 0 Å². The zero-order chi connectivity index (χ0) is 15.3. The summed E-state index contributed by atoms with van der Waals surface area (Å²) in [6, 6.07) is 12.9. The number of thioether (sulfide) groups is 1. The Morgan fingerprint density at radius 1 is 1.05 bits per heavy atom. The zero-order valence-corrected chi connectivity index (χ0v) is 13.6. The number of aromatic nitrogens is 2. The van der Waals surface area contributed by atoms with Gasteiger partial charge in [-0.2, -0.15) is 0 Å². The van der Waals surface area contributed by atoms with Crippen LogP contribution in [0.5, 0.6) is 0 Å². The van der Waals surface area contributed by atoms with E-state index in [1.807, 2.05) is 30.3 Å². The Morgan fingerprint density at radius 3 is 2.55 bits per heavy atom. The van der Waals surface area contributed by atoms with E-state index in [0.29, 0.717) is 15.8 Å². The Labute approximate surface area is 140 Å². The van der Waals surface area contributed by atoms with Crippen LogP contribution >= 0.6 is 35.0 Å². The number of fused-ring (bicyclic) bond motifs is 3. The molecule has 1 aromatic heterocycles. The molecule has 0 spiro atoms. The van der Waals surface area contributed by atoms with Gasteiger partial charge in [-0.25, -0.2) is 4.68 Å². The zero-order valence-electron chi connectivity index (χ0n) is 11.3. The van der Waals surface area contributed by atoms with Crippen molar-refractivity contribution in [1.29, 1.82) is 0 Å². The molecule has 0 saturated heterocycles. The number of aromatic amines is 1. The lowest BCUT2D eigenvalue weighted by Gasteiger charge is -2.14. The molecular formula is C16H10Cl2N2OS. The van der Waals surface area contributed by atoms with E-state index >= 15 is 0 Å². The fourth-order valence-electron chi connectivity index (χ4n) is 2.57. The number of rotatable bonds is 1. The Morgan fingerprint density at radius 2 is 1.77 bits per heavy atom. The Kier molecular flexibility index (Phi) is 3.33. The van der Waals surface area contributed by atoms with Gasteiger partial charge in [-0.1, -0.05) is 23.2 Å². The van der Waals surface area contributed by atoms with E-state index < -0.39 is 0 Å². The summed E-state index contributed by atoms with van der Waals surface area (Å²) in [7, 11) is 0. The Balaban J connectivity index is 1.93. The normalized spacial score (nSPS) is 12.8. The number of hydrogen-bond acceptors (Lipinski definition) is 2. The first-order chi connectivity index (χ1) is 10.6. The average molecular weight is 349 g/mol. The van der Waals surface area contributed by atoms with Gasteiger partial charge in [0.05, 0.1) is 16.9 Å². The first kappa shape index (κ1) is 14.0. The fourth-order valence-corrected chi connectivity index (χ4v) is 3.92. The number of benzene rings is 2. The highest BCUT2D eigenvalue weighted by Crippen LogP contribution is 2.40. The summed E-state index contributed by atoms with van der Waals surface area (Å²) in [6.45, 7) is 0. The van der Waals surface area contributed by atoms with Crippen LogP contribution in [0.4, 0.5) is 0 Å². The maximum Gasteiger partial charge on any atom is 0.275 e. The van der Waals surface area contributed by atoms with Gasteiger partial charge in [0.25, 0.3) is 5.56 Å². The minimum Gasteiger partial charge on any atom is -0.290 e. The van der Waals surface area contributed by atoms with Crippen molar-refractivity contribution in [3.05, 3.63) is 68.4 Å². The van der Waals surface area contributed by atoms with Crippen molar-refractivity contribution >= 4 is 35.0 Å². The van der Waals surface area contributed by atoms with Crippen LogP contribution in [0.15, 0.2) is 52.2 Å². The second kappa shape index (κ2) is 5.23. The van der Waals surface area contributed by atoms with Crippen LogP contribution in [0.2, 0.25) is 10.0 Å². The van der Waals surface area contributed by atoms with Crippen LogP contribution in [0.25, 0.3) is 16.9 Å². The molecular weight excluding hydrogens is 339 g/mol. The third kappa shape index (κ3) is 2.19. The van der Waals surface area contributed by atoms with Crippen molar-refractivity contribution in [1.82, 2.24) is 9.78 Å². The number of nitrogens with zero attached hydrogens (tertiary/aromatic N) is 1. The van der Waals surface area contributed by atoms with Gasteiger partial charge in [-0.15, -0.1) is 11.8 Å². The summed E-state index contributed by atoms with van der Waals surface area (Å²) in [5.74, 6) is 0.653. The number of H-pyrrole nitrogens is 1. The van der Waals surface area contributed by atoms with Crippen LogP contribution in [-0.4, -0.2) is 9.78 Å². The van der Waals surface area contributed by atoms with Crippen LogP contribution in [-0.2, 0) is 5.75 Å². The molecule has 0 saturated carbocycles. The molecule has 6 heteroatoms. The van der Waals surface area contributed by atoms with Crippen LogP contribution in [0, 0.1) is 0 Å². The number of hydrogen-bond donors (Lipinski definition) is 1. The number of nitrogens with one attached hydrogen (secondary N) is 1. The smallest absolute Gasteiger partial charge is 0.275 e. The standard InChI is InChI=1S/C16H10Cl2N2OS/c17-9-1-4-11(5-2-9)20-16(21)13-8-22-14-6-3-10(18)7-12(14)15(13)19-20/h1-7,19H,8H2. The van der Waals surface area contributed by atoms with E-state index in [1.165, 1.54) is 0 Å². The third-order valence-electron chi connectivity index (χ3n) is 3.65. The Bertz CT molecular complexity index is 928. The first-order valence-electron chi connectivity index (χ1n) is 6.66. The van der Waals surface area contributed by atoms with Gasteiger partial charge in [0, 0.05) is 26.3 Å². The van der Waals surface area contributed by atoms with E-state index in [0.717, 1.165) is 27.4 Å². The minimum atomic E-state index is -0.0320. The molecule has 1 N–H and O–H groups in total. The summed E-state index contributed by atoms with van der Waals surface area (Å²) in [6.07, 6.45) is 0. The van der Waals surface area contributed by atoms with Crippen LogP contribution in [0.3, 0.4) is 0 Å². The molecule has 3 aromatic rings. The second-order valence-electron chi connectivity index (χ2n) is 5.01. The predicted molar refractivity (Wildman–Crippen MR) is 91.4 cm³/mol. The molecule has 0 aliphatic carbocycles. The predicted octanol–water partition coefficient (Wildman–Crippen LogP) is 4.75. The lowest BCUT2D eigenvalue weighted by Crippen LogP contribution is -2.17. The van der Waals surface area contributed by atoms with Crippen LogP contribution < -0.4 is 5.56 Å². The molecule has 1 aliphatic rings. The minimum absolute atomic E-state index is 0.0320. The summed E-state index contributed by atoms with van der Waals surface area (Å²) in [5, 5.41) is 4.51. The highest BCUT2D eigenvalue weighted by molar-refractivity contribution is 7.98. The molecule has 110 valence electrons. The molecule has 0 amide bonds. The molecule has 0 unspecified atom stereocenters. The van der Waals surface area contributed by atoms with E-state index in [4.69, 9.17) is 23.2 Å². The lowest BCUT2D eigenvalue weighted by atomic mass is 10.1. The summed E-state index contributed by atoms with van der Waals surface area (Å²) in [4.78, 5) is 13.8. The van der Waals surface area contributed by atoms with E-state index in [1.54, 1.807) is 28.6 Å². The quantitative estimate of drug-likeness (QED) is 0.689. The van der Waals surface area contributed by atoms with Gasteiger partial charge in [0.2, 0.25) is 0 Å². The van der Waals surface area contributed by atoms with Gasteiger partial charge in [-0.3, -0.25) is 9.89 Å². The maximum atomic E-state index is 12.6. The molecule has 2 aromatic carbocycles.